The molecule has 2 aromatic heterocycles. The van der Waals surface area contributed by atoms with Gasteiger partial charge in [-0.25, -0.2) is 4.98 Å². The Labute approximate surface area is 231 Å². The lowest BCUT2D eigenvalue weighted by Gasteiger charge is -2.29. The fourth-order valence-corrected chi connectivity index (χ4v) is 5.24. The first-order chi connectivity index (χ1) is 18.8. The lowest BCUT2D eigenvalue weighted by atomic mass is 10.0. The Hall–Kier alpha value is -4.66. The van der Waals surface area contributed by atoms with Crippen molar-refractivity contribution in [2.45, 2.75) is 39.3 Å². The number of amides is 1. The lowest BCUT2D eigenvalue weighted by Crippen LogP contribution is -2.31. The summed E-state index contributed by atoms with van der Waals surface area (Å²) in [6, 6.07) is 18.2. The van der Waals surface area contributed by atoms with E-state index < -0.39 is 6.04 Å². The van der Waals surface area contributed by atoms with Gasteiger partial charge in [-0.05, 0) is 62.2 Å². The number of nitrogens with zero attached hydrogens (tertiary/aromatic N) is 6. The van der Waals surface area contributed by atoms with Crippen LogP contribution in [0.1, 0.15) is 64.5 Å². The van der Waals surface area contributed by atoms with Crippen molar-refractivity contribution < 1.29 is 9.53 Å². The summed E-state index contributed by atoms with van der Waals surface area (Å²) in [7, 11) is 1.55. The number of methoxy groups -OCH3 is 1. The standard InChI is InChI=1S/C30H25ClN6O2/c1-17(2)36-28-26(35-29(36)23-14-22(11-12-32)34-16-25(23)39-4)30(38)37(24-13-21(31)10-5-18(24)3)27(28)20-8-6-19(15-33)7-9-20/h5-10,13-14,16-17,27H,11H2,1-4H3/t27-/m0/s1. The third kappa shape index (κ3) is 4.39. The average Bonchev–Trinajstić information content (AvgIpc) is 3.45. The first kappa shape index (κ1) is 26.0. The van der Waals surface area contributed by atoms with Gasteiger partial charge in [-0.3, -0.25) is 14.7 Å². The molecule has 39 heavy (non-hydrogen) atoms. The molecule has 0 saturated carbocycles. The molecular formula is C30H25ClN6O2. The minimum absolute atomic E-state index is 0.0809. The van der Waals surface area contributed by atoms with Crippen molar-refractivity contribution in [3.8, 4) is 29.3 Å². The smallest absolute Gasteiger partial charge is 0.279 e. The highest BCUT2D eigenvalue weighted by Crippen LogP contribution is 2.46. The van der Waals surface area contributed by atoms with Crippen LogP contribution in [0.5, 0.6) is 5.75 Å². The van der Waals surface area contributed by atoms with Crippen molar-refractivity contribution in [1.29, 1.82) is 10.5 Å². The monoisotopic (exact) mass is 536 g/mol. The molecule has 0 unspecified atom stereocenters. The maximum atomic E-state index is 14.2. The molecule has 5 rings (SSSR count). The van der Waals surface area contributed by atoms with Gasteiger partial charge in [-0.15, -0.1) is 0 Å². The highest BCUT2D eigenvalue weighted by molar-refractivity contribution is 6.31. The van der Waals surface area contributed by atoms with Gasteiger partial charge in [0.15, 0.2) is 5.69 Å². The van der Waals surface area contributed by atoms with Crippen LogP contribution in [0, 0.1) is 29.6 Å². The van der Waals surface area contributed by atoms with Crippen LogP contribution in [0.2, 0.25) is 5.02 Å². The zero-order valence-corrected chi connectivity index (χ0v) is 22.7. The Morgan fingerprint density at radius 2 is 1.87 bits per heavy atom. The summed E-state index contributed by atoms with van der Waals surface area (Å²) in [4.78, 5) is 25.1. The van der Waals surface area contributed by atoms with Crippen LogP contribution in [-0.4, -0.2) is 27.6 Å². The Bertz CT molecular complexity index is 1680. The number of halogens is 1. The Morgan fingerprint density at radius 3 is 2.51 bits per heavy atom. The molecule has 0 radical (unpaired) electrons. The highest BCUT2D eigenvalue weighted by atomic mass is 35.5. The molecule has 9 heteroatoms. The Morgan fingerprint density at radius 1 is 1.13 bits per heavy atom. The first-order valence-electron chi connectivity index (χ1n) is 12.4. The molecular weight excluding hydrogens is 512 g/mol. The predicted octanol–water partition coefficient (Wildman–Crippen LogP) is 6.18. The number of anilines is 1. The third-order valence-electron chi connectivity index (χ3n) is 6.83. The highest BCUT2D eigenvalue weighted by Gasteiger charge is 2.45. The van der Waals surface area contributed by atoms with Gasteiger partial charge in [0.2, 0.25) is 0 Å². The van der Waals surface area contributed by atoms with Crippen LogP contribution in [0.15, 0.2) is 54.7 Å². The van der Waals surface area contributed by atoms with Gasteiger partial charge in [-0.1, -0.05) is 29.8 Å². The number of rotatable bonds is 6. The van der Waals surface area contributed by atoms with E-state index in [4.69, 9.17) is 21.3 Å². The Kier molecular flexibility index (Phi) is 6.82. The molecule has 1 atom stereocenters. The van der Waals surface area contributed by atoms with Crippen LogP contribution in [0.4, 0.5) is 5.69 Å². The molecule has 0 aliphatic carbocycles. The number of nitriles is 2. The van der Waals surface area contributed by atoms with E-state index in [2.05, 4.69) is 17.1 Å². The maximum Gasteiger partial charge on any atom is 0.279 e. The summed E-state index contributed by atoms with van der Waals surface area (Å²) in [5, 5.41) is 19.1. The van der Waals surface area contributed by atoms with Crippen LogP contribution in [-0.2, 0) is 6.42 Å². The molecule has 8 nitrogen and oxygen atoms in total. The number of hydrogen-bond donors (Lipinski definition) is 0. The van der Waals surface area contributed by atoms with Crippen molar-refractivity contribution >= 4 is 23.2 Å². The molecule has 1 aliphatic heterocycles. The number of fused-ring (bicyclic) bond motifs is 1. The van der Waals surface area contributed by atoms with E-state index in [-0.39, 0.29) is 18.4 Å². The summed E-state index contributed by atoms with van der Waals surface area (Å²) in [6.07, 6.45) is 1.71. The minimum Gasteiger partial charge on any atom is -0.494 e. The SMILES string of the molecule is COc1cnc(CC#N)cc1-c1nc2c(n1C(C)C)[C@H](c1ccc(C#N)cc1)N(c1cc(Cl)ccc1C)C2=O. The van der Waals surface area contributed by atoms with Crippen LogP contribution >= 0.6 is 11.6 Å². The molecule has 1 aliphatic rings. The molecule has 194 valence electrons. The Balaban J connectivity index is 1.80. The summed E-state index contributed by atoms with van der Waals surface area (Å²) in [5.74, 6) is 0.797. The fraction of sp³-hybridized carbons (Fsp3) is 0.233. The molecule has 0 N–H and O–H groups in total. The average molecular weight is 537 g/mol. The molecule has 0 spiro atoms. The lowest BCUT2D eigenvalue weighted by molar-refractivity contribution is 0.0989. The van der Waals surface area contributed by atoms with Crippen molar-refractivity contribution in [2.24, 2.45) is 0 Å². The maximum absolute atomic E-state index is 14.2. The van der Waals surface area contributed by atoms with Gasteiger partial charge in [-0.2, -0.15) is 10.5 Å². The van der Waals surface area contributed by atoms with Gasteiger partial charge >= 0.3 is 0 Å². The van der Waals surface area contributed by atoms with E-state index in [9.17, 15) is 15.3 Å². The predicted molar refractivity (Wildman–Crippen MR) is 148 cm³/mol. The fourth-order valence-electron chi connectivity index (χ4n) is 5.07. The van der Waals surface area contributed by atoms with E-state index in [0.29, 0.717) is 44.8 Å². The third-order valence-corrected chi connectivity index (χ3v) is 7.07. The second kappa shape index (κ2) is 10.2. The van der Waals surface area contributed by atoms with Gasteiger partial charge in [0.1, 0.15) is 17.6 Å². The van der Waals surface area contributed by atoms with Crippen LogP contribution in [0.25, 0.3) is 11.4 Å². The summed E-state index contributed by atoms with van der Waals surface area (Å²) < 4.78 is 7.66. The zero-order chi connectivity index (χ0) is 27.8. The number of imidazole rings is 1. The summed E-state index contributed by atoms with van der Waals surface area (Å²) in [5.41, 5.74) is 5.23. The van der Waals surface area contributed by atoms with E-state index in [1.54, 1.807) is 48.5 Å². The van der Waals surface area contributed by atoms with Gasteiger partial charge < -0.3 is 9.30 Å². The molecule has 3 heterocycles. The zero-order valence-electron chi connectivity index (χ0n) is 21.9. The number of hydrogen-bond acceptors (Lipinski definition) is 6. The number of carbonyl (C=O) groups excluding carboxylic acids is 1. The van der Waals surface area contributed by atoms with Gasteiger partial charge in [0.05, 0.1) is 54.4 Å². The molecule has 1 amide bonds. The van der Waals surface area contributed by atoms with E-state index in [0.717, 1.165) is 16.8 Å². The van der Waals surface area contributed by atoms with Crippen molar-refractivity contribution in [2.75, 3.05) is 12.0 Å². The van der Waals surface area contributed by atoms with Crippen LogP contribution < -0.4 is 9.64 Å². The number of ether oxygens (including phenoxy) is 1. The molecule has 4 aromatic rings. The van der Waals surface area contributed by atoms with Crippen LogP contribution in [0.3, 0.4) is 0 Å². The summed E-state index contributed by atoms with van der Waals surface area (Å²) >= 11 is 6.38. The number of pyridine rings is 1. The normalized spacial score (nSPS) is 14.3. The van der Waals surface area contributed by atoms with E-state index in [1.807, 2.05) is 43.5 Å². The van der Waals surface area contributed by atoms with Crippen molar-refractivity contribution in [3.63, 3.8) is 0 Å². The topological polar surface area (TPSA) is 108 Å². The summed E-state index contributed by atoms with van der Waals surface area (Å²) in [6.45, 7) is 6.00. The van der Waals surface area contributed by atoms with Crippen molar-refractivity contribution in [1.82, 2.24) is 14.5 Å². The second-order valence-electron chi connectivity index (χ2n) is 9.59. The number of aromatic nitrogens is 3. The molecule has 0 fully saturated rings. The first-order valence-corrected chi connectivity index (χ1v) is 12.8. The number of carbonyl (C=O) groups is 1. The van der Waals surface area contributed by atoms with E-state index in [1.165, 1.54) is 0 Å². The van der Waals surface area contributed by atoms with E-state index >= 15 is 0 Å². The van der Waals surface area contributed by atoms with Gasteiger partial charge in [0, 0.05) is 16.8 Å². The number of benzene rings is 2. The molecule has 0 bridgehead atoms. The van der Waals surface area contributed by atoms with Crippen molar-refractivity contribution in [3.05, 3.63) is 93.5 Å². The molecule has 2 aromatic carbocycles. The number of aryl methyl sites for hydroxylation is 1. The van der Waals surface area contributed by atoms with Gasteiger partial charge in [0.25, 0.3) is 5.91 Å². The quantitative estimate of drug-likeness (QED) is 0.291. The largest absolute Gasteiger partial charge is 0.494 e. The second-order valence-corrected chi connectivity index (χ2v) is 10.0. The minimum atomic E-state index is -0.521. The molecule has 0 saturated heterocycles.